The number of hydrogen-bond acceptors (Lipinski definition) is 8. The maximum atomic E-state index is 12.2. The van der Waals surface area contributed by atoms with E-state index in [4.69, 9.17) is 14.2 Å². The predicted octanol–water partition coefficient (Wildman–Crippen LogP) is 4.08. The molecule has 0 saturated carbocycles. The summed E-state index contributed by atoms with van der Waals surface area (Å²) in [6.45, 7) is 3.73. The zero-order valence-corrected chi connectivity index (χ0v) is 23.1. The Balaban J connectivity index is 1.48. The fourth-order valence-corrected chi connectivity index (χ4v) is 5.35. The molecule has 11 heteroatoms. The van der Waals surface area contributed by atoms with Crippen LogP contribution in [0.1, 0.15) is 42.9 Å². The minimum Gasteiger partial charge on any atom is -0.618 e. The Morgan fingerprint density at radius 1 is 1.05 bits per heavy atom. The number of aromatic nitrogens is 1. The number of esters is 1. The van der Waals surface area contributed by atoms with E-state index in [0.29, 0.717) is 16.5 Å². The molecule has 2 aromatic carbocycles. The van der Waals surface area contributed by atoms with Crippen LogP contribution in [0.25, 0.3) is 0 Å². The number of carbonyl (C=O) groups excluding carboxylic acids is 2. The lowest BCUT2D eigenvalue weighted by Crippen LogP contribution is -2.39. The number of urea groups is 1. The van der Waals surface area contributed by atoms with E-state index in [1.54, 1.807) is 43.3 Å². The molecular weight excluding hydrogens is 534 g/mol. The van der Waals surface area contributed by atoms with E-state index in [1.165, 1.54) is 18.0 Å². The second kappa shape index (κ2) is 14.1. The fraction of sp³-hybridized carbons (Fsp3) is 0.345. The largest absolute Gasteiger partial charge is 0.618 e. The van der Waals surface area contributed by atoms with E-state index >= 15 is 0 Å². The Morgan fingerprint density at radius 2 is 1.77 bits per heavy atom. The third kappa shape index (κ3) is 7.72. The number of aliphatic hydroxyl groups is 1. The summed E-state index contributed by atoms with van der Waals surface area (Å²) in [7, 11) is 0. The van der Waals surface area contributed by atoms with Crippen molar-refractivity contribution in [2.24, 2.45) is 5.92 Å². The number of carbonyl (C=O) groups is 2. The number of nitrogens with zero attached hydrogens (tertiary/aromatic N) is 1. The molecule has 0 radical (unpaired) electrons. The van der Waals surface area contributed by atoms with Gasteiger partial charge in [-0.3, -0.25) is 4.79 Å². The summed E-state index contributed by atoms with van der Waals surface area (Å²) < 4.78 is 18.5. The summed E-state index contributed by atoms with van der Waals surface area (Å²) in [5, 5.41) is 27.3. The van der Waals surface area contributed by atoms with Gasteiger partial charge < -0.3 is 35.2 Å². The number of anilines is 1. The quantitative estimate of drug-likeness (QED) is 0.145. The Morgan fingerprint density at radius 3 is 2.45 bits per heavy atom. The second-order valence-electron chi connectivity index (χ2n) is 9.23. The van der Waals surface area contributed by atoms with Gasteiger partial charge in [-0.25, -0.2) is 4.79 Å². The van der Waals surface area contributed by atoms with Gasteiger partial charge in [-0.2, -0.15) is 4.73 Å². The van der Waals surface area contributed by atoms with E-state index in [2.05, 4.69) is 17.6 Å². The molecule has 10 nitrogen and oxygen atoms in total. The van der Waals surface area contributed by atoms with Crippen LogP contribution in [-0.4, -0.2) is 42.1 Å². The van der Waals surface area contributed by atoms with Crippen LogP contribution in [0, 0.1) is 11.1 Å². The van der Waals surface area contributed by atoms with Crippen LogP contribution in [0.15, 0.2) is 78.0 Å². The highest BCUT2D eigenvalue weighted by Crippen LogP contribution is 2.43. The molecule has 1 aliphatic heterocycles. The second-order valence-corrected chi connectivity index (χ2v) is 10.3. The number of pyridine rings is 1. The summed E-state index contributed by atoms with van der Waals surface area (Å²) in [6, 6.07) is 19.5. The average Bonchev–Trinajstić information content (AvgIpc) is 2.97. The molecule has 0 aliphatic carbocycles. The zero-order chi connectivity index (χ0) is 28.5. The normalized spacial score (nSPS) is 20.5. The summed E-state index contributed by atoms with van der Waals surface area (Å²) in [5.41, 5.74) is 3.06. The summed E-state index contributed by atoms with van der Waals surface area (Å²) in [4.78, 5) is 23.6. The SMILES string of the molecule is CCOC(=O)CNC(=O)Nc1ccc(C2OC(CSc3cccc[n+]3[O-])C(C)C(c3ccc(CO)cc3)O2)cc1. The first-order valence-electron chi connectivity index (χ1n) is 13.0. The van der Waals surface area contributed by atoms with Gasteiger partial charge in [0.25, 0.3) is 5.03 Å². The molecule has 3 N–H and O–H groups in total. The van der Waals surface area contributed by atoms with Crippen molar-refractivity contribution >= 4 is 29.4 Å². The smallest absolute Gasteiger partial charge is 0.325 e. The lowest BCUT2D eigenvalue weighted by molar-refractivity contribution is -0.645. The summed E-state index contributed by atoms with van der Waals surface area (Å²) >= 11 is 1.43. The van der Waals surface area contributed by atoms with Gasteiger partial charge in [0.05, 0.1) is 25.4 Å². The van der Waals surface area contributed by atoms with E-state index in [0.717, 1.165) is 21.4 Å². The van der Waals surface area contributed by atoms with Gasteiger partial charge in [0.1, 0.15) is 6.54 Å². The molecule has 1 saturated heterocycles. The van der Waals surface area contributed by atoms with Crippen LogP contribution < -0.4 is 15.4 Å². The number of amides is 2. The number of rotatable bonds is 10. The molecule has 1 fully saturated rings. The Bertz CT molecular complexity index is 1270. The Labute approximate surface area is 237 Å². The van der Waals surface area contributed by atoms with Crippen molar-refractivity contribution < 1.29 is 33.6 Å². The molecular formula is C29H33N3O7S. The number of thioether (sulfide) groups is 1. The van der Waals surface area contributed by atoms with Gasteiger partial charge in [-0.1, -0.05) is 55.1 Å². The lowest BCUT2D eigenvalue weighted by atomic mass is 9.91. The minimum absolute atomic E-state index is 0.0309. The number of nitrogens with one attached hydrogen (secondary N) is 2. The standard InChI is InChI=1S/C29H33N3O7S/c1-3-37-26(34)16-30-29(35)31-23-13-11-22(12-14-23)28-38-24(18-40-25-6-4-5-15-32(25)36)19(2)27(39-28)21-9-7-20(17-33)8-10-21/h4-15,19,24,27-28,33H,3,16-18H2,1-2H3,(H2,30,31,35). The van der Waals surface area contributed by atoms with Crippen LogP contribution >= 0.6 is 11.8 Å². The number of ether oxygens (including phenoxy) is 3. The molecule has 212 valence electrons. The Hall–Kier alpha value is -3.64. The molecule has 0 bridgehead atoms. The molecule has 4 unspecified atom stereocenters. The van der Waals surface area contributed by atoms with Gasteiger partial charge in [0, 0.05) is 35.1 Å². The average molecular weight is 568 g/mol. The molecule has 2 amide bonds. The molecule has 0 spiro atoms. The summed E-state index contributed by atoms with van der Waals surface area (Å²) in [6.07, 6.45) is 0.250. The molecule has 4 rings (SSSR count). The van der Waals surface area contributed by atoms with Crippen LogP contribution in [0.4, 0.5) is 10.5 Å². The third-order valence-electron chi connectivity index (χ3n) is 6.45. The zero-order valence-electron chi connectivity index (χ0n) is 22.3. The van der Waals surface area contributed by atoms with Crippen molar-refractivity contribution in [1.29, 1.82) is 0 Å². The van der Waals surface area contributed by atoms with Crippen molar-refractivity contribution in [3.8, 4) is 0 Å². The highest BCUT2D eigenvalue weighted by atomic mass is 32.2. The van der Waals surface area contributed by atoms with Gasteiger partial charge in [-0.15, -0.1) is 0 Å². The predicted molar refractivity (Wildman–Crippen MR) is 149 cm³/mol. The van der Waals surface area contributed by atoms with E-state index in [1.807, 2.05) is 30.3 Å². The lowest BCUT2D eigenvalue weighted by Gasteiger charge is -2.41. The van der Waals surface area contributed by atoms with E-state index in [9.17, 15) is 19.9 Å². The van der Waals surface area contributed by atoms with Crippen LogP contribution in [0.2, 0.25) is 0 Å². The van der Waals surface area contributed by atoms with Gasteiger partial charge >= 0.3 is 12.0 Å². The van der Waals surface area contributed by atoms with Gasteiger partial charge in [-0.05, 0) is 36.2 Å². The topological polar surface area (TPSA) is 133 Å². The maximum absolute atomic E-state index is 12.2. The van der Waals surface area contributed by atoms with Crippen molar-refractivity contribution in [2.45, 2.75) is 44.0 Å². The Kier molecular flexibility index (Phi) is 10.4. The molecule has 1 aromatic heterocycles. The van der Waals surface area contributed by atoms with Crippen molar-refractivity contribution in [1.82, 2.24) is 5.32 Å². The van der Waals surface area contributed by atoms with Crippen molar-refractivity contribution in [2.75, 3.05) is 24.2 Å². The van der Waals surface area contributed by atoms with Gasteiger partial charge in [0.15, 0.2) is 12.5 Å². The highest BCUT2D eigenvalue weighted by molar-refractivity contribution is 7.99. The van der Waals surface area contributed by atoms with Crippen LogP contribution in [-0.2, 0) is 25.6 Å². The van der Waals surface area contributed by atoms with Crippen molar-refractivity contribution in [3.05, 3.63) is 94.8 Å². The van der Waals surface area contributed by atoms with Crippen LogP contribution in [0.3, 0.4) is 0 Å². The van der Waals surface area contributed by atoms with Gasteiger partial charge in [0.2, 0.25) is 0 Å². The first-order valence-corrected chi connectivity index (χ1v) is 14.0. The first kappa shape index (κ1) is 29.3. The fourth-order valence-electron chi connectivity index (χ4n) is 4.27. The number of benzene rings is 2. The summed E-state index contributed by atoms with van der Waals surface area (Å²) in [5.74, 6) is -0.00491. The monoisotopic (exact) mass is 567 g/mol. The van der Waals surface area contributed by atoms with E-state index < -0.39 is 18.3 Å². The molecule has 1 aliphatic rings. The minimum atomic E-state index is -0.689. The first-order chi connectivity index (χ1) is 19.4. The number of aliphatic hydroxyl groups excluding tert-OH is 1. The molecule has 4 atom stereocenters. The van der Waals surface area contributed by atoms with E-state index in [-0.39, 0.29) is 37.9 Å². The number of hydrogen-bond donors (Lipinski definition) is 3. The highest BCUT2D eigenvalue weighted by Gasteiger charge is 2.38. The van der Waals surface area contributed by atoms with Crippen molar-refractivity contribution in [3.63, 3.8) is 0 Å². The molecule has 3 aromatic rings. The maximum Gasteiger partial charge on any atom is 0.325 e. The molecule has 2 heterocycles. The van der Waals surface area contributed by atoms with Crippen LogP contribution in [0.5, 0.6) is 0 Å². The third-order valence-corrected chi connectivity index (χ3v) is 7.55. The molecule has 40 heavy (non-hydrogen) atoms.